The van der Waals surface area contributed by atoms with Crippen LogP contribution < -0.4 is 0 Å². The van der Waals surface area contributed by atoms with Crippen molar-refractivity contribution in [1.82, 2.24) is 24.9 Å². The number of piperazine rings is 1. The van der Waals surface area contributed by atoms with Crippen LogP contribution in [0, 0.1) is 6.92 Å². The van der Waals surface area contributed by atoms with Gasteiger partial charge in [-0.25, -0.2) is 0 Å². The molecule has 0 bridgehead atoms. The SMILES string of the molecule is Cc1ccc(-c2noc(CCC(=O)N3CCN(Cc4ccccn4)CC3)n2)cc1. The monoisotopic (exact) mass is 391 g/mol. The molecule has 1 aliphatic heterocycles. The smallest absolute Gasteiger partial charge is 0.227 e. The highest BCUT2D eigenvalue weighted by Crippen LogP contribution is 2.17. The summed E-state index contributed by atoms with van der Waals surface area (Å²) >= 11 is 0. The molecule has 150 valence electrons. The van der Waals surface area contributed by atoms with E-state index in [0.29, 0.717) is 24.6 Å². The van der Waals surface area contributed by atoms with Gasteiger partial charge in [-0.3, -0.25) is 14.7 Å². The third kappa shape index (κ3) is 5.06. The molecule has 4 rings (SSSR count). The minimum Gasteiger partial charge on any atom is -0.340 e. The van der Waals surface area contributed by atoms with E-state index in [9.17, 15) is 4.79 Å². The molecule has 3 aromatic rings. The molecule has 1 fully saturated rings. The lowest BCUT2D eigenvalue weighted by atomic mass is 10.1. The Morgan fingerprint density at radius 3 is 2.59 bits per heavy atom. The van der Waals surface area contributed by atoms with Crippen LogP contribution in [0.4, 0.5) is 0 Å². The van der Waals surface area contributed by atoms with E-state index in [2.05, 4.69) is 20.0 Å². The van der Waals surface area contributed by atoms with Gasteiger partial charge in [-0.1, -0.05) is 41.1 Å². The highest BCUT2D eigenvalue weighted by molar-refractivity contribution is 5.76. The second-order valence-electron chi connectivity index (χ2n) is 7.36. The van der Waals surface area contributed by atoms with E-state index in [0.717, 1.165) is 44.0 Å². The zero-order chi connectivity index (χ0) is 20.1. The minimum absolute atomic E-state index is 0.137. The molecule has 0 N–H and O–H groups in total. The number of amides is 1. The Balaban J connectivity index is 1.24. The Morgan fingerprint density at radius 1 is 1.07 bits per heavy atom. The first-order valence-corrected chi connectivity index (χ1v) is 9.97. The fraction of sp³-hybridized carbons (Fsp3) is 0.364. The van der Waals surface area contributed by atoms with Crippen LogP contribution in [0.15, 0.2) is 53.2 Å². The molecular weight excluding hydrogens is 366 g/mol. The fourth-order valence-electron chi connectivity index (χ4n) is 3.42. The Morgan fingerprint density at radius 2 is 1.86 bits per heavy atom. The highest BCUT2D eigenvalue weighted by Gasteiger charge is 2.22. The number of carbonyl (C=O) groups is 1. The predicted octanol–water partition coefficient (Wildman–Crippen LogP) is 2.72. The number of aryl methyl sites for hydroxylation is 2. The van der Waals surface area contributed by atoms with Gasteiger partial charge in [0, 0.05) is 57.3 Å². The largest absolute Gasteiger partial charge is 0.340 e. The molecule has 7 heteroatoms. The number of pyridine rings is 1. The van der Waals surface area contributed by atoms with Crippen LogP contribution in [0.2, 0.25) is 0 Å². The molecule has 0 aliphatic carbocycles. The molecule has 2 aromatic heterocycles. The van der Waals surface area contributed by atoms with E-state index in [-0.39, 0.29) is 5.91 Å². The molecule has 0 saturated carbocycles. The van der Waals surface area contributed by atoms with E-state index in [1.54, 1.807) is 0 Å². The summed E-state index contributed by atoms with van der Waals surface area (Å²) in [6.07, 6.45) is 2.67. The van der Waals surface area contributed by atoms with E-state index in [4.69, 9.17) is 4.52 Å². The number of benzene rings is 1. The normalized spacial score (nSPS) is 14.9. The van der Waals surface area contributed by atoms with Crippen molar-refractivity contribution in [3.63, 3.8) is 0 Å². The van der Waals surface area contributed by atoms with Crippen molar-refractivity contribution in [2.45, 2.75) is 26.3 Å². The average Bonchev–Trinajstić information content (AvgIpc) is 3.23. The van der Waals surface area contributed by atoms with Crippen molar-refractivity contribution >= 4 is 5.91 Å². The van der Waals surface area contributed by atoms with Gasteiger partial charge in [-0.05, 0) is 19.1 Å². The minimum atomic E-state index is 0.137. The number of aromatic nitrogens is 3. The van der Waals surface area contributed by atoms with Gasteiger partial charge in [0.1, 0.15) is 0 Å². The number of carbonyl (C=O) groups excluding carboxylic acids is 1. The third-order valence-electron chi connectivity index (χ3n) is 5.17. The highest BCUT2D eigenvalue weighted by atomic mass is 16.5. The van der Waals surface area contributed by atoms with Gasteiger partial charge in [-0.2, -0.15) is 4.98 Å². The second-order valence-corrected chi connectivity index (χ2v) is 7.36. The van der Waals surface area contributed by atoms with E-state index < -0.39 is 0 Å². The van der Waals surface area contributed by atoms with Crippen LogP contribution in [-0.4, -0.2) is 57.0 Å². The molecule has 1 aliphatic rings. The number of hydrogen-bond donors (Lipinski definition) is 0. The van der Waals surface area contributed by atoms with Crippen LogP contribution >= 0.6 is 0 Å². The summed E-state index contributed by atoms with van der Waals surface area (Å²) in [4.78, 5) is 25.6. The fourth-order valence-corrected chi connectivity index (χ4v) is 3.42. The zero-order valence-electron chi connectivity index (χ0n) is 16.6. The summed E-state index contributed by atoms with van der Waals surface area (Å²) in [5.74, 6) is 1.20. The van der Waals surface area contributed by atoms with E-state index >= 15 is 0 Å². The van der Waals surface area contributed by atoms with Gasteiger partial charge in [0.05, 0.1) is 5.69 Å². The molecule has 0 radical (unpaired) electrons. The van der Waals surface area contributed by atoms with Crippen LogP contribution in [0.5, 0.6) is 0 Å². The quantitative estimate of drug-likeness (QED) is 0.643. The van der Waals surface area contributed by atoms with Crippen molar-refractivity contribution in [2.24, 2.45) is 0 Å². The molecule has 0 unspecified atom stereocenters. The van der Waals surface area contributed by atoms with Gasteiger partial charge in [-0.15, -0.1) is 0 Å². The van der Waals surface area contributed by atoms with Crippen molar-refractivity contribution in [2.75, 3.05) is 26.2 Å². The van der Waals surface area contributed by atoms with Crippen molar-refractivity contribution in [3.05, 3.63) is 65.8 Å². The summed E-state index contributed by atoms with van der Waals surface area (Å²) in [7, 11) is 0. The standard InChI is InChI=1S/C22H25N5O2/c1-17-5-7-18(8-6-17)22-24-20(29-25-22)9-10-21(28)27-14-12-26(13-15-27)16-19-4-2-3-11-23-19/h2-8,11H,9-10,12-16H2,1H3. The van der Waals surface area contributed by atoms with Crippen LogP contribution in [-0.2, 0) is 17.8 Å². The summed E-state index contributed by atoms with van der Waals surface area (Å²) in [5.41, 5.74) is 3.16. The molecular formula is C22H25N5O2. The molecule has 0 spiro atoms. The van der Waals surface area contributed by atoms with Gasteiger partial charge < -0.3 is 9.42 Å². The first-order valence-electron chi connectivity index (χ1n) is 9.97. The van der Waals surface area contributed by atoms with E-state index in [1.165, 1.54) is 5.56 Å². The maximum Gasteiger partial charge on any atom is 0.227 e. The molecule has 1 saturated heterocycles. The first kappa shape index (κ1) is 19.3. The lowest BCUT2D eigenvalue weighted by Gasteiger charge is -2.34. The average molecular weight is 391 g/mol. The second kappa shape index (κ2) is 8.96. The molecule has 0 atom stereocenters. The van der Waals surface area contributed by atoms with Crippen LogP contribution in [0.1, 0.15) is 23.6 Å². The van der Waals surface area contributed by atoms with Crippen molar-refractivity contribution in [1.29, 1.82) is 0 Å². The Bertz CT molecular complexity index is 931. The molecule has 7 nitrogen and oxygen atoms in total. The van der Waals surface area contributed by atoms with Gasteiger partial charge in [0.25, 0.3) is 0 Å². The maximum atomic E-state index is 12.6. The Hall–Kier alpha value is -3.06. The third-order valence-corrected chi connectivity index (χ3v) is 5.17. The van der Waals surface area contributed by atoms with Crippen LogP contribution in [0.25, 0.3) is 11.4 Å². The van der Waals surface area contributed by atoms with Crippen molar-refractivity contribution < 1.29 is 9.32 Å². The summed E-state index contributed by atoms with van der Waals surface area (Å²) in [6, 6.07) is 13.9. The Kier molecular flexibility index (Phi) is 5.95. The molecule has 29 heavy (non-hydrogen) atoms. The number of rotatable bonds is 6. The van der Waals surface area contributed by atoms with Gasteiger partial charge in [0.2, 0.25) is 17.6 Å². The summed E-state index contributed by atoms with van der Waals surface area (Å²) < 4.78 is 5.32. The van der Waals surface area contributed by atoms with E-state index in [1.807, 2.05) is 60.5 Å². The summed E-state index contributed by atoms with van der Waals surface area (Å²) in [6.45, 7) is 6.07. The molecule has 1 amide bonds. The Labute approximate surface area is 170 Å². The molecule has 3 heterocycles. The lowest BCUT2D eigenvalue weighted by Crippen LogP contribution is -2.48. The summed E-state index contributed by atoms with van der Waals surface area (Å²) in [5, 5.41) is 4.03. The number of nitrogens with zero attached hydrogens (tertiary/aromatic N) is 5. The topological polar surface area (TPSA) is 75.4 Å². The van der Waals surface area contributed by atoms with Crippen molar-refractivity contribution in [3.8, 4) is 11.4 Å². The van der Waals surface area contributed by atoms with Crippen LogP contribution in [0.3, 0.4) is 0 Å². The molecule has 1 aromatic carbocycles. The lowest BCUT2D eigenvalue weighted by molar-refractivity contribution is -0.133. The maximum absolute atomic E-state index is 12.6. The first-order chi connectivity index (χ1) is 14.2. The van der Waals surface area contributed by atoms with Gasteiger partial charge in [0.15, 0.2) is 0 Å². The predicted molar refractivity (Wildman–Crippen MR) is 109 cm³/mol. The van der Waals surface area contributed by atoms with Gasteiger partial charge >= 0.3 is 0 Å². The number of hydrogen-bond acceptors (Lipinski definition) is 6. The zero-order valence-corrected chi connectivity index (χ0v) is 16.6.